The van der Waals surface area contributed by atoms with Crippen molar-refractivity contribution in [1.82, 2.24) is 29.9 Å². The van der Waals surface area contributed by atoms with E-state index in [4.69, 9.17) is 4.42 Å². The molecule has 0 spiro atoms. The first kappa shape index (κ1) is 19.3. The van der Waals surface area contributed by atoms with Gasteiger partial charge in [0.1, 0.15) is 5.82 Å². The molecule has 4 aromatic heterocycles. The Kier molecular flexibility index (Phi) is 5.41. The molecule has 0 aliphatic carbocycles. The average Bonchev–Trinajstić information content (AvgIpc) is 3.40. The zero-order valence-electron chi connectivity index (χ0n) is 15.9. The van der Waals surface area contributed by atoms with E-state index >= 15 is 0 Å². The van der Waals surface area contributed by atoms with Crippen LogP contribution >= 0.6 is 23.1 Å². The molecule has 0 radical (unpaired) electrons. The van der Waals surface area contributed by atoms with Crippen LogP contribution in [-0.4, -0.2) is 41.6 Å². The summed E-state index contributed by atoms with van der Waals surface area (Å²) in [4.78, 5) is 22.2. The molecule has 9 nitrogen and oxygen atoms in total. The van der Waals surface area contributed by atoms with Crippen molar-refractivity contribution in [2.75, 3.05) is 11.1 Å². The van der Waals surface area contributed by atoms with E-state index in [-0.39, 0.29) is 11.7 Å². The second-order valence-electron chi connectivity index (χ2n) is 6.22. The van der Waals surface area contributed by atoms with E-state index in [1.165, 1.54) is 27.8 Å². The molecule has 148 valence electrons. The van der Waals surface area contributed by atoms with Gasteiger partial charge in [0.15, 0.2) is 0 Å². The summed E-state index contributed by atoms with van der Waals surface area (Å²) in [7, 11) is 0. The van der Waals surface area contributed by atoms with Crippen LogP contribution in [0.25, 0.3) is 16.7 Å². The predicted molar refractivity (Wildman–Crippen MR) is 110 cm³/mol. The van der Waals surface area contributed by atoms with Gasteiger partial charge in [-0.25, -0.2) is 9.97 Å². The fourth-order valence-corrected chi connectivity index (χ4v) is 3.82. The van der Waals surface area contributed by atoms with Crippen LogP contribution < -0.4 is 5.32 Å². The highest BCUT2D eigenvalue weighted by Crippen LogP contribution is 2.26. The van der Waals surface area contributed by atoms with Crippen molar-refractivity contribution in [2.24, 2.45) is 0 Å². The third kappa shape index (κ3) is 4.51. The van der Waals surface area contributed by atoms with Gasteiger partial charge in [0.25, 0.3) is 17.1 Å². The second kappa shape index (κ2) is 8.13. The summed E-state index contributed by atoms with van der Waals surface area (Å²) in [6.45, 7) is 5.62. The number of thioether (sulfide) groups is 1. The van der Waals surface area contributed by atoms with Crippen molar-refractivity contribution in [3.8, 4) is 16.7 Å². The number of hydrogen-bond donors (Lipinski definition) is 1. The van der Waals surface area contributed by atoms with E-state index in [0.717, 1.165) is 22.0 Å². The molecule has 0 bridgehead atoms. The fourth-order valence-electron chi connectivity index (χ4n) is 2.62. The van der Waals surface area contributed by atoms with Gasteiger partial charge in [0.05, 0.1) is 16.3 Å². The maximum Gasteiger partial charge on any atom is 0.277 e. The van der Waals surface area contributed by atoms with Gasteiger partial charge in [-0.1, -0.05) is 17.8 Å². The molecule has 1 N–H and O–H groups in total. The monoisotopic (exact) mass is 427 g/mol. The van der Waals surface area contributed by atoms with Crippen molar-refractivity contribution in [2.45, 2.75) is 26.0 Å². The SMILES string of the molecule is Cc1cc(C)nc(-n2nc(C)cc2NC(=O)CSc2nnc(-c3cccs3)o2)n1. The first-order valence-electron chi connectivity index (χ1n) is 8.67. The highest BCUT2D eigenvalue weighted by Gasteiger charge is 2.16. The van der Waals surface area contributed by atoms with Crippen LogP contribution in [0.4, 0.5) is 5.82 Å². The highest BCUT2D eigenvalue weighted by atomic mass is 32.2. The minimum absolute atomic E-state index is 0.115. The number of anilines is 1. The molecule has 29 heavy (non-hydrogen) atoms. The van der Waals surface area contributed by atoms with Gasteiger partial charge < -0.3 is 9.73 Å². The van der Waals surface area contributed by atoms with Crippen LogP contribution in [-0.2, 0) is 4.79 Å². The Balaban J connectivity index is 1.44. The Morgan fingerprint density at radius 1 is 1.17 bits per heavy atom. The number of carbonyl (C=O) groups is 1. The third-order valence-corrected chi connectivity index (χ3v) is 5.40. The van der Waals surface area contributed by atoms with E-state index in [9.17, 15) is 4.79 Å². The summed E-state index contributed by atoms with van der Waals surface area (Å²) in [6, 6.07) is 7.46. The Bertz CT molecular complexity index is 1130. The van der Waals surface area contributed by atoms with Crippen molar-refractivity contribution in [3.63, 3.8) is 0 Å². The van der Waals surface area contributed by atoms with Crippen molar-refractivity contribution >= 4 is 34.8 Å². The fraction of sp³-hybridized carbons (Fsp3) is 0.222. The second-order valence-corrected chi connectivity index (χ2v) is 8.10. The van der Waals surface area contributed by atoms with Crippen LogP contribution in [0.5, 0.6) is 0 Å². The smallest absolute Gasteiger partial charge is 0.277 e. The molecule has 4 heterocycles. The minimum atomic E-state index is -0.226. The topological polar surface area (TPSA) is 112 Å². The minimum Gasteiger partial charge on any atom is -0.410 e. The van der Waals surface area contributed by atoms with Crippen LogP contribution in [0, 0.1) is 20.8 Å². The van der Waals surface area contributed by atoms with Gasteiger partial charge in [-0.05, 0) is 38.3 Å². The molecule has 4 aromatic rings. The molecule has 0 atom stereocenters. The lowest BCUT2D eigenvalue weighted by Gasteiger charge is -2.08. The third-order valence-electron chi connectivity index (χ3n) is 3.72. The highest BCUT2D eigenvalue weighted by molar-refractivity contribution is 7.99. The van der Waals surface area contributed by atoms with Crippen molar-refractivity contribution < 1.29 is 9.21 Å². The molecule has 11 heteroatoms. The summed E-state index contributed by atoms with van der Waals surface area (Å²) in [5.41, 5.74) is 2.39. The molecule has 0 fully saturated rings. The summed E-state index contributed by atoms with van der Waals surface area (Å²) >= 11 is 2.68. The molecule has 4 rings (SSSR count). The molecule has 0 aromatic carbocycles. The van der Waals surface area contributed by atoms with Crippen LogP contribution in [0.3, 0.4) is 0 Å². The number of thiophene rings is 1. The van der Waals surface area contributed by atoms with Crippen LogP contribution in [0.15, 0.2) is 39.3 Å². The van der Waals surface area contributed by atoms with Crippen molar-refractivity contribution in [3.05, 3.63) is 46.7 Å². The number of carbonyl (C=O) groups excluding carboxylic acids is 1. The quantitative estimate of drug-likeness (QED) is 0.466. The number of nitrogens with zero attached hydrogens (tertiary/aromatic N) is 6. The molecule has 0 unspecified atom stereocenters. The maximum atomic E-state index is 12.4. The normalized spacial score (nSPS) is 11.0. The maximum absolute atomic E-state index is 12.4. The molecule has 0 aliphatic rings. The summed E-state index contributed by atoms with van der Waals surface area (Å²) < 4.78 is 7.11. The Labute approximate surface area is 174 Å². The van der Waals surface area contributed by atoms with Crippen LogP contribution in [0.2, 0.25) is 0 Å². The Hall–Kier alpha value is -3.05. The number of rotatable bonds is 6. The van der Waals surface area contributed by atoms with Gasteiger partial charge >= 0.3 is 0 Å². The van der Waals surface area contributed by atoms with Gasteiger partial charge in [-0.15, -0.1) is 21.5 Å². The first-order valence-corrected chi connectivity index (χ1v) is 10.5. The van der Waals surface area contributed by atoms with Crippen LogP contribution in [0.1, 0.15) is 17.1 Å². The average molecular weight is 428 g/mol. The van der Waals surface area contributed by atoms with E-state index in [1.54, 1.807) is 6.07 Å². The van der Waals surface area contributed by atoms with E-state index < -0.39 is 0 Å². The molecule has 0 saturated heterocycles. The van der Waals surface area contributed by atoms with Gasteiger partial charge in [0, 0.05) is 17.5 Å². The number of amides is 1. The first-order chi connectivity index (χ1) is 14.0. The van der Waals surface area contributed by atoms with Gasteiger partial charge in [-0.2, -0.15) is 9.78 Å². The lowest BCUT2D eigenvalue weighted by molar-refractivity contribution is -0.113. The standard InChI is InChI=1S/C18H17N7O2S2/c1-10-7-11(2)20-17(19-10)25-14(8-12(3)24-25)21-15(26)9-29-18-23-22-16(27-18)13-5-4-6-28-13/h4-8H,9H2,1-3H3,(H,21,26). The van der Waals surface area contributed by atoms with Crippen molar-refractivity contribution in [1.29, 1.82) is 0 Å². The number of aromatic nitrogens is 6. The number of nitrogens with one attached hydrogen (secondary N) is 1. The summed E-state index contributed by atoms with van der Waals surface area (Å²) in [5, 5.41) is 17.5. The largest absolute Gasteiger partial charge is 0.410 e. The van der Waals surface area contributed by atoms with E-state index in [1.807, 2.05) is 44.4 Å². The summed E-state index contributed by atoms with van der Waals surface area (Å²) in [5.74, 6) is 1.25. The zero-order chi connectivity index (χ0) is 20.4. The van der Waals surface area contributed by atoms with E-state index in [2.05, 4.69) is 30.6 Å². The predicted octanol–water partition coefficient (Wildman–Crippen LogP) is 3.43. The summed E-state index contributed by atoms with van der Waals surface area (Å²) in [6.07, 6.45) is 0. The molecular weight excluding hydrogens is 410 g/mol. The number of hydrogen-bond acceptors (Lipinski definition) is 9. The lowest BCUT2D eigenvalue weighted by atomic mass is 10.4. The molecule has 1 amide bonds. The zero-order valence-corrected chi connectivity index (χ0v) is 17.5. The molecular formula is C18H17N7O2S2. The lowest BCUT2D eigenvalue weighted by Crippen LogP contribution is -2.18. The Morgan fingerprint density at radius 3 is 2.69 bits per heavy atom. The van der Waals surface area contributed by atoms with E-state index in [0.29, 0.717) is 22.9 Å². The number of aryl methyl sites for hydroxylation is 3. The molecule has 0 saturated carbocycles. The molecule has 0 aliphatic heterocycles. The Morgan fingerprint density at radius 2 is 1.97 bits per heavy atom. The van der Waals surface area contributed by atoms with Gasteiger partial charge in [0.2, 0.25) is 5.91 Å². The van der Waals surface area contributed by atoms with Gasteiger partial charge in [-0.3, -0.25) is 4.79 Å².